The van der Waals surface area contributed by atoms with Gasteiger partial charge in [0.2, 0.25) is 0 Å². The van der Waals surface area contributed by atoms with Crippen LogP contribution >= 0.6 is 0 Å². The van der Waals surface area contributed by atoms with E-state index >= 15 is 0 Å². The molecule has 0 radical (unpaired) electrons. The van der Waals surface area contributed by atoms with Crippen LogP contribution < -0.4 is 10.5 Å². The van der Waals surface area contributed by atoms with Gasteiger partial charge in [0.25, 0.3) is 0 Å². The fourth-order valence-corrected chi connectivity index (χ4v) is 1.10. The van der Waals surface area contributed by atoms with E-state index in [-0.39, 0.29) is 0 Å². The lowest BCUT2D eigenvalue weighted by atomic mass is 10.2. The lowest BCUT2D eigenvalue weighted by Gasteiger charge is -2.06. The van der Waals surface area contributed by atoms with Crippen molar-refractivity contribution in [3.05, 3.63) is 23.5 Å². The van der Waals surface area contributed by atoms with Gasteiger partial charge in [-0.2, -0.15) is 0 Å². The summed E-state index contributed by atoms with van der Waals surface area (Å²) in [4.78, 5) is 4.33. The van der Waals surface area contributed by atoms with E-state index in [1.807, 2.05) is 19.1 Å². The highest BCUT2D eigenvalue weighted by molar-refractivity contribution is 5.29. The van der Waals surface area contributed by atoms with Crippen molar-refractivity contribution in [1.29, 1.82) is 0 Å². The summed E-state index contributed by atoms with van der Waals surface area (Å²) >= 11 is 0. The van der Waals surface area contributed by atoms with Crippen LogP contribution in [0.25, 0.3) is 0 Å². The fourth-order valence-electron chi connectivity index (χ4n) is 1.10. The van der Waals surface area contributed by atoms with Crippen molar-refractivity contribution >= 4 is 0 Å². The number of pyridine rings is 1. The minimum atomic E-state index is 0.604. The number of rotatable bonds is 3. The van der Waals surface area contributed by atoms with Gasteiger partial charge in [-0.05, 0) is 25.6 Å². The zero-order chi connectivity index (χ0) is 8.97. The molecule has 0 fully saturated rings. The summed E-state index contributed by atoms with van der Waals surface area (Å²) in [6.07, 6.45) is 0.769. The molecule has 3 nitrogen and oxygen atoms in total. The molecular formula is C9H14N2O. The van der Waals surface area contributed by atoms with E-state index in [0.717, 1.165) is 23.6 Å². The number of aryl methyl sites for hydroxylation is 1. The Labute approximate surface area is 72.6 Å². The van der Waals surface area contributed by atoms with E-state index in [2.05, 4.69) is 4.98 Å². The molecule has 1 aromatic heterocycles. The number of nitrogens with two attached hydrogens (primary N) is 1. The summed E-state index contributed by atoms with van der Waals surface area (Å²) in [6, 6.07) is 3.85. The molecule has 0 atom stereocenters. The summed E-state index contributed by atoms with van der Waals surface area (Å²) in [5.41, 5.74) is 7.38. The van der Waals surface area contributed by atoms with Crippen LogP contribution in [0.15, 0.2) is 12.1 Å². The molecule has 0 amide bonds. The lowest BCUT2D eigenvalue weighted by Crippen LogP contribution is -2.06. The van der Waals surface area contributed by atoms with Gasteiger partial charge in [-0.1, -0.05) is 0 Å². The van der Waals surface area contributed by atoms with Gasteiger partial charge in [0.15, 0.2) is 0 Å². The first-order chi connectivity index (χ1) is 5.77. The predicted octanol–water partition coefficient (Wildman–Crippen LogP) is 0.900. The van der Waals surface area contributed by atoms with Gasteiger partial charge >= 0.3 is 0 Å². The lowest BCUT2D eigenvalue weighted by molar-refractivity contribution is 0.406. The normalized spacial score (nSPS) is 9.92. The third-order valence-electron chi connectivity index (χ3n) is 1.67. The molecule has 0 aliphatic heterocycles. The van der Waals surface area contributed by atoms with Crippen molar-refractivity contribution in [3.8, 4) is 5.75 Å². The van der Waals surface area contributed by atoms with Crippen LogP contribution in [0.5, 0.6) is 5.75 Å². The van der Waals surface area contributed by atoms with Crippen molar-refractivity contribution in [2.75, 3.05) is 13.7 Å². The van der Waals surface area contributed by atoms with Crippen molar-refractivity contribution < 1.29 is 4.74 Å². The van der Waals surface area contributed by atoms with Crippen LogP contribution in [0.2, 0.25) is 0 Å². The Morgan fingerprint density at radius 3 is 2.83 bits per heavy atom. The Balaban J connectivity index is 2.95. The van der Waals surface area contributed by atoms with Gasteiger partial charge in [0, 0.05) is 12.1 Å². The van der Waals surface area contributed by atoms with Gasteiger partial charge in [0.05, 0.1) is 12.8 Å². The average Bonchev–Trinajstić information content (AvgIpc) is 2.05. The molecule has 0 aliphatic rings. The Kier molecular flexibility index (Phi) is 3.05. The molecule has 0 saturated heterocycles. The zero-order valence-corrected chi connectivity index (χ0v) is 7.50. The number of hydrogen-bond acceptors (Lipinski definition) is 3. The molecule has 1 rings (SSSR count). The number of nitrogens with zero attached hydrogens (tertiary/aromatic N) is 1. The number of aromatic nitrogens is 1. The Hall–Kier alpha value is -1.09. The van der Waals surface area contributed by atoms with E-state index in [1.165, 1.54) is 0 Å². The monoisotopic (exact) mass is 166 g/mol. The molecule has 2 N–H and O–H groups in total. The molecule has 3 heteroatoms. The van der Waals surface area contributed by atoms with Gasteiger partial charge in [-0.3, -0.25) is 4.98 Å². The van der Waals surface area contributed by atoms with Crippen molar-refractivity contribution in [1.82, 2.24) is 4.98 Å². The van der Waals surface area contributed by atoms with E-state index in [4.69, 9.17) is 10.5 Å². The zero-order valence-electron chi connectivity index (χ0n) is 7.50. The Morgan fingerprint density at radius 2 is 2.25 bits per heavy atom. The second-order valence-electron chi connectivity index (χ2n) is 2.64. The second-order valence-corrected chi connectivity index (χ2v) is 2.64. The summed E-state index contributed by atoms with van der Waals surface area (Å²) < 4.78 is 5.13. The molecule has 0 unspecified atom stereocenters. The summed E-state index contributed by atoms with van der Waals surface area (Å²) in [6.45, 7) is 2.56. The maximum atomic E-state index is 5.44. The number of methoxy groups -OCH3 is 1. The highest BCUT2D eigenvalue weighted by Crippen LogP contribution is 2.15. The summed E-state index contributed by atoms with van der Waals surface area (Å²) in [5.74, 6) is 0.825. The molecule has 1 aromatic rings. The van der Waals surface area contributed by atoms with Gasteiger partial charge in [0.1, 0.15) is 5.75 Å². The van der Waals surface area contributed by atoms with Crippen LogP contribution in [0.4, 0.5) is 0 Å². The van der Waals surface area contributed by atoms with Gasteiger partial charge < -0.3 is 10.5 Å². The summed E-state index contributed by atoms with van der Waals surface area (Å²) in [5, 5.41) is 0. The highest BCUT2D eigenvalue weighted by atomic mass is 16.5. The molecule has 0 aliphatic carbocycles. The van der Waals surface area contributed by atoms with E-state index in [0.29, 0.717) is 6.54 Å². The highest BCUT2D eigenvalue weighted by Gasteiger charge is 2.02. The molecule has 0 spiro atoms. The van der Waals surface area contributed by atoms with Crippen LogP contribution in [-0.4, -0.2) is 18.6 Å². The molecule has 0 aromatic carbocycles. The minimum Gasteiger partial charge on any atom is -0.495 e. The first-order valence-corrected chi connectivity index (χ1v) is 3.98. The molecular weight excluding hydrogens is 152 g/mol. The fraction of sp³-hybridized carbons (Fsp3) is 0.444. The molecule has 12 heavy (non-hydrogen) atoms. The van der Waals surface area contributed by atoms with Crippen molar-refractivity contribution in [2.24, 2.45) is 5.73 Å². The molecule has 1 heterocycles. The maximum Gasteiger partial charge on any atom is 0.140 e. The maximum absolute atomic E-state index is 5.44. The predicted molar refractivity (Wildman–Crippen MR) is 48.3 cm³/mol. The average molecular weight is 166 g/mol. The first-order valence-electron chi connectivity index (χ1n) is 3.98. The minimum absolute atomic E-state index is 0.604. The SMILES string of the molecule is COc1ccc(C)nc1CCN. The van der Waals surface area contributed by atoms with E-state index < -0.39 is 0 Å². The first kappa shape index (κ1) is 9.00. The van der Waals surface area contributed by atoms with Crippen LogP contribution in [-0.2, 0) is 6.42 Å². The third kappa shape index (κ3) is 1.95. The third-order valence-corrected chi connectivity index (χ3v) is 1.67. The molecule has 0 bridgehead atoms. The standard InChI is InChI=1S/C9H14N2O/c1-7-3-4-9(12-2)8(11-7)5-6-10/h3-4H,5-6,10H2,1-2H3. The van der Waals surface area contributed by atoms with Crippen molar-refractivity contribution in [3.63, 3.8) is 0 Å². The quantitative estimate of drug-likeness (QED) is 0.725. The second kappa shape index (κ2) is 4.07. The number of ether oxygens (including phenoxy) is 1. The van der Waals surface area contributed by atoms with Gasteiger partial charge in [-0.15, -0.1) is 0 Å². The van der Waals surface area contributed by atoms with E-state index in [9.17, 15) is 0 Å². The topological polar surface area (TPSA) is 48.1 Å². The van der Waals surface area contributed by atoms with E-state index in [1.54, 1.807) is 7.11 Å². The largest absolute Gasteiger partial charge is 0.495 e. The van der Waals surface area contributed by atoms with Crippen LogP contribution in [0, 0.1) is 6.92 Å². The van der Waals surface area contributed by atoms with Gasteiger partial charge in [-0.25, -0.2) is 0 Å². The van der Waals surface area contributed by atoms with Crippen molar-refractivity contribution in [2.45, 2.75) is 13.3 Å². The Bertz CT molecular complexity index is 261. The summed E-state index contributed by atoms with van der Waals surface area (Å²) in [7, 11) is 1.65. The smallest absolute Gasteiger partial charge is 0.140 e. The molecule has 66 valence electrons. The number of hydrogen-bond donors (Lipinski definition) is 1. The van der Waals surface area contributed by atoms with Crippen LogP contribution in [0.3, 0.4) is 0 Å². The van der Waals surface area contributed by atoms with Crippen LogP contribution in [0.1, 0.15) is 11.4 Å². The Morgan fingerprint density at radius 1 is 1.50 bits per heavy atom. The molecule has 0 saturated carbocycles.